The molecule has 1 amide bonds. The van der Waals surface area contributed by atoms with Gasteiger partial charge in [0.05, 0.1) is 19.6 Å². The van der Waals surface area contributed by atoms with Crippen LogP contribution in [-0.4, -0.2) is 36.9 Å². The zero-order valence-corrected chi connectivity index (χ0v) is 15.6. The highest BCUT2D eigenvalue weighted by Crippen LogP contribution is 2.26. The molecule has 0 unspecified atom stereocenters. The van der Waals surface area contributed by atoms with Crippen molar-refractivity contribution >= 4 is 5.91 Å². The number of phenolic OH excluding ortho intramolecular Hbond substituents is 1. The van der Waals surface area contributed by atoms with E-state index in [1.54, 1.807) is 18.2 Å². The van der Waals surface area contributed by atoms with Crippen molar-refractivity contribution in [3.63, 3.8) is 0 Å². The van der Waals surface area contributed by atoms with Gasteiger partial charge in [0.2, 0.25) is 5.91 Å². The van der Waals surface area contributed by atoms with Crippen LogP contribution in [0.3, 0.4) is 0 Å². The maximum atomic E-state index is 12.2. The third-order valence-electron chi connectivity index (χ3n) is 4.70. The number of hydrogen-bond donors (Lipinski definition) is 2. The number of carbonyl (C=O) groups is 1. The summed E-state index contributed by atoms with van der Waals surface area (Å²) in [4.78, 5) is 12.2. The van der Waals surface area contributed by atoms with Crippen molar-refractivity contribution in [2.45, 2.75) is 64.5 Å². The number of amides is 1. The highest BCUT2D eigenvalue weighted by atomic mass is 16.5. The Morgan fingerprint density at radius 2 is 2.00 bits per heavy atom. The molecular weight excluding hydrogens is 318 g/mol. The highest BCUT2D eigenvalue weighted by Gasteiger charge is 2.23. The van der Waals surface area contributed by atoms with E-state index in [9.17, 15) is 9.90 Å². The van der Waals surface area contributed by atoms with E-state index in [-0.39, 0.29) is 17.7 Å². The van der Waals surface area contributed by atoms with Crippen molar-refractivity contribution in [1.29, 1.82) is 0 Å². The molecule has 25 heavy (non-hydrogen) atoms. The van der Waals surface area contributed by atoms with Crippen LogP contribution >= 0.6 is 0 Å². The molecule has 1 aliphatic carbocycles. The van der Waals surface area contributed by atoms with Gasteiger partial charge in [-0.3, -0.25) is 4.79 Å². The second kappa shape index (κ2) is 9.66. The summed E-state index contributed by atoms with van der Waals surface area (Å²) in [5.41, 5.74) is 0.831. The van der Waals surface area contributed by atoms with Gasteiger partial charge in [-0.15, -0.1) is 0 Å². The molecule has 0 bridgehead atoms. The maximum absolute atomic E-state index is 12.2. The first-order valence-electron chi connectivity index (χ1n) is 9.24. The van der Waals surface area contributed by atoms with Crippen LogP contribution in [0.1, 0.15) is 51.5 Å². The second-order valence-electron chi connectivity index (χ2n) is 7.28. The molecule has 0 aromatic heterocycles. The van der Waals surface area contributed by atoms with Crippen LogP contribution in [0.5, 0.6) is 11.5 Å². The minimum Gasteiger partial charge on any atom is -0.504 e. The van der Waals surface area contributed by atoms with Crippen LogP contribution in [0.25, 0.3) is 0 Å². The third-order valence-corrected chi connectivity index (χ3v) is 4.70. The van der Waals surface area contributed by atoms with Crippen molar-refractivity contribution in [2.24, 2.45) is 5.92 Å². The molecule has 0 spiro atoms. The quantitative estimate of drug-likeness (QED) is 0.754. The van der Waals surface area contributed by atoms with Gasteiger partial charge in [-0.1, -0.05) is 19.9 Å². The average Bonchev–Trinajstić information content (AvgIpc) is 2.58. The number of benzene rings is 1. The number of aromatic hydroxyl groups is 1. The van der Waals surface area contributed by atoms with Gasteiger partial charge >= 0.3 is 0 Å². The molecule has 0 heterocycles. The molecular formula is C20H31NO4. The predicted molar refractivity (Wildman–Crippen MR) is 98.0 cm³/mol. The summed E-state index contributed by atoms with van der Waals surface area (Å²) in [6.45, 7) is 5.25. The number of carbonyl (C=O) groups excluding carboxylic acids is 1. The Kier molecular flexibility index (Phi) is 7.56. The fraction of sp³-hybridized carbons (Fsp3) is 0.650. The van der Waals surface area contributed by atoms with Crippen LogP contribution in [0.2, 0.25) is 0 Å². The van der Waals surface area contributed by atoms with Crippen molar-refractivity contribution in [1.82, 2.24) is 5.32 Å². The average molecular weight is 349 g/mol. The molecule has 0 aliphatic heterocycles. The second-order valence-corrected chi connectivity index (χ2v) is 7.28. The van der Waals surface area contributed by atoms with E-state index in [1.165, 1.54) is 7.11 Å². The van der Waals surface area contributed by atoms with Crippen LogP contribution in [0, 0.1) is 5.92 Å². The Hall–Kier alpha value is -1.75. The first-order valence-corrected chi connectivity index (χ1v) is 9.24. The summed E-state index contributed by atoms with van der Waals surface area (Å²) in [7, 11) is 1.50. The predicted octanol–water partition coefficient (Wildman–Crippen LogP) is 3.43. The fourth-order valence-corrected chi connectivity index (χ4v) is 3.14. The zero-order chi connectivity index (χ0) is 18.2. The van der Waals surface area contributed by atoms with Crippen LogP contribution in [0.15, 0.2) is 18.2 Å². The van der Waals surface area contributed by atoms with Crippen molar-refractivity contribution in [3.05, 3.63) is 23.8 Å². The molecule has 1 saturated carbocycles. The van der Waals surface area contributed by atoms with Gasteiger partial charge < -0.3 is 19.9 Å². The lowest BCUT2D eigenvalue weighted by molar-refractivity contribution is -0.121. The summed E-state index contributed by atoms with van der Waals surface area (Å²) in [5, 5.41) is 12.7. The molecule has 0 radical (unpaired) electrons. The van der Waals surface area contributed by atoms with Gasteiger partial charge in [-0.05, 0) is 55.7 Å². The van der Waals surface area contributed by atoms with Crippen molar-refractivity contribution in [3.8, 4) is 11.5 Å². The fourth-order valence-electron chi connectivity index (χ4n) is 3.14. The SMILES string of the molecule is COc1cc(CC(=O)N[C@H]2CC[C@H](OCCC(C)C)CC2)ccc1O. The minimum absolute atomic E-state index is 0.0110. The molecule has 1 aromatic rings. The molecule has 1 aliphatic rings. The summed E-state index contributed by atoms with van der Waals surface area (Å²) in [5.74, 6) is 1.16. The number of methoxy groups -OCH3 is 1. The first-order chi connectivity index (χ1) is 12.0. The molecule has 5 nitrogen and oxygen atoms in total. The maximum Gasteiger partial charge on any atom is 0.224 e. The van der Waals surface area contributed by atoms with Crippen LogP contribution < -0.4 is 10.1 Å². The molecule has 1 fully saturated rings. The number of hydrogen-bond acceptors (Lipinski definition) is 4. The van der Waals surface area contributed by atoms with E-state index in [4.69, 9.17) is 9.47 Å². The minimum atomic E-state index is 0.0110. The van der Waals surface area contributed by atoms with Gasteiger partial charge in [0.15, 0.2) is 11.5 Å². The van der Waals surface area contributed by atoms with E-state index >= 15 is 0 Å². The van der Waals surface area contributed by atoms with E-state index in [2.05, 4.69) is 19.2 Å². The Bertz CT molecular complexity index is 551. The lowest BCUT2D eigenvalue weighted by Crippen LogP contribution is -2.39. The monoisotopic (exact) mass is 349 g/mol. The third kappa shape index (κ3) is 6.58. The molecule has 0 atom stereocenters. The Morgan fingerprint density at radius 1 is 1.28 bits per heavy atom. The Balaban J connectivity index is 1.71. The van der Waals surface area contributed by atoms with Gasteiger partial charge in [-0.25, -0.2) is 0 Å². The summed E-state index contributed by atoms with van der Waals surface area (Å²) in [6.07, 6.45) is 5.70. The first kappa shape index (κ1) is 19.6. The zero-order valence-electron chi connectivity index (χ0n) is 15.6. The summed E-state index contributed by atoms with van der Waals surface area (Å²) >= 11 is 0. The molecule has 2 rings (SSSR count). The number of ether oxygens (including phenoxy) is 2. The van der Waals surface area contributed by atoms with Crippen LogP contribution in [-0.2, 0) is 16.0 Å². The molecule has 0 saturated heterocycles. The van der Waals surface area contributed by atoms with E-state index < -0.39 is 0 Å². The molecule has 5 heteroatoms. The van der Waals surface area contributed by atoms with Crippen molar-refractivity contribution < 1.29 is 19.4 Å². The Labute approximate surface area is 150 Å². The van der Waals surface area contributed by atoms with Gasteiger partial charge in [0, 0.05) is 12.6 Å². The standard InChI is InChI=1S/C20H31NO4/c1-14(2)10-11-25-17-7-5-16(6-8-17)21-20(23)13-15-4-9-18(22)19(12-15)24-3/h4,9,12,14,16-17,22H,5-8,10-11,13H2,1-3H3,(H,21,23)/t16-,17-. The van der Waals surface area contributed by atoms with Gasteiger partial charge in [0.1, 0.15) is 0 Å². The Morgan fingerprint density at radius 3 is 2.64 bits per heavy atom. The molecule has 140 valence electrons. The largest absolute Gasteiger partial charge is 0.504 e. The number of phenols is 1. The van der Waals surface area contributed by atoms with E-state index in [1.807, 2.05) is 0 Å². The number of rotatable bonds is 8. The smallest absolute Gasteiger partial charge is 0.224 e. The normalized spacial score (nSPS) is 20.5. The lowest BCUT2D eigenvalue weighted by atomic mass is 9.92. The lowest BCUT2D eigenvalue weighted by Gasteiger charge is -2.29. The van der Waals surface area contributed by atoms with Crippen LogP contribution in [0.4, 0.5) is 0 Å². The van der Waals surface area contributed by atoms with E-state index in [0.717, 1.165) is 44.3 Å². The number of nitrogens with one attached hydrogen (secondary N) is 1. The highest BCUT2D eigenvalue weighted by molar-refractivity contribution is 5.79. The molecule has 1 aromatic carbocycles. The topological polar surface area (TPSA) is 67.8 Å². The van der Waals surface area contributed by atoms with E-state index in [0.29, 0.717) is 24.2 Å². The van der Waals surface area contributed by atoms with Gasteiger partial charge in [0.25, 0.3) is 0 Å². The molecule has 2 N–H and O–H groups in total. The summed E-state index contributed by atoms with van der Waals surface area (Å²) in [6, 6.07) is 5.24. The summed E-state index contributed by atoms with van der Waals surface area (Å²) < 4.78 is 11.0. The van der Waals surface area contributed by atoms with Gasteiger partial charge in [-0.2, -0.15) is 0 Å². The van der Waals surface area contributed by atoms with Crippen molar-refractivity contribution in [2.75, 3.05) is 13.7 Å².